The quantitative estimate of drug-likeness (QED) is 0.607. The minimum absolute atomic E-state index is 0.541. The molecule has 0 heterocycles. The van der Waals surface area contributed by atoms with Crippen molar-refractivity contribution in [2.24, 2.45) is 10.7 Å². The maximum absolute atomic E-state index is 5.32. The SMILES string of the molecule is C/C=C(N)\N=C(/C)Br. The number of rotatable bonds is 1. The second kappa shape index (κ2) is 3.66. The van der Waals surface area contributed by atoms with Crippen LogP contribution in [0.25, 0.3) is 0 Å². The van der Waals surface area contributed by atoms with E-state index in [-0.39, 0.29) is 0 Å². The van der Waals surface area contributed by atoms with Gasteiger partial charge in [-0.1, -0.05) is 0 Å². The maximum Gasteiger partial charge on any atom is 0.119 e. The van der Waals surface area contributed by atoms with Crippen molar-refractivity contribution in [1.82, 2.24) is 0 Å². The van der Waals surface area contributed by atoms with Crippen LogP contribution in [0.4, 0.5) is 0 Å². The Morgan fingerprint density at radius 3 is 2.38 bits per heavy atom. The summed E-state index contributed by atoms with van der Waals surface area (Å²) in [6.07, 6.45) is 1.74. The standard InChI is InChI=1S/C5H9BrN2/c1-3-5(7)8-4(2)6/h3H,7H2,1-2H3/b5-3-,8-4+. The number of halogens is 1. The summed E-state index contributed by atoms with van der Waals surface area (Å²) in [5.41, 5.74) is 5.32. The molecule has 0 atom stereocenters. The average Bonchev–Trinajstić information content (AvgIpc) is 1.65. The van der Waals surface area contributed by atoms with Crippen molar-refractivity contribution in [3.05, 3.63) is 11.9 Å². The molecule has 0 aromatic rings. The Kier molecular flexibility index (Phi) is 3.52. The first-order chi connectivity index (χ1) is 3.66. The van der Waals surface area contributed by atoms with E-state index in [0.717, 1.165) is 4.62 Å². The molecule has 2 nitrogen and oxygen atoms in total. The molecule has 0 saturated carbocycles. The van der Waals surface area contributed by atoms with Crippen molar-refractivity contribution in [1.29, 1.82) is 0 Å². The molecule has 46 valence electrons. The summed E-state index contributed by atoms with van der Waals surface area (Å²) >= 11 is 3.14. The van der Waals surface area contributed by atoms with Crippen LogP contribution < -0.4 is 5.73 Å². The number of hydrogen-bond donors (Lipinski definition) is 1. The second-order valence-electron chi connectivity index (χ2n) is 1.32. The highest BCUT2D eigenvalue weighted by Gasteiger charge is 1.80. The van der Waals surface area contributed by atoms with Crippen molar-refractivity contribution in [2.45, 2.75) is 13.8 Å². The van der Waals surface area contributed by atoms with Gasteiger partial charge < -0.3 is 5.73 Å². The molecule has 8 heavy (non-hydrogen) atoms. The molecule has 3 heteroatoms. The van der Waals surface area contributed by atoms with Gasteiger partial charge in [0.25, 0.3) is 0 Å². The third-order valence-corrected chi connectivity index (χ3v) is 0.756. The Labute approximate surface area is 57.6 Å². The number of nitrogens with zero attached hydrogens (tertiary/aromatic N) is 1. The van der Waals surface area contributed by atoms with E-state index in [1.54, 1.807) is 6.08 Å². The number of nitrogens with two attached hydrogens (primary N) is 1. The zero-order valence-corrected chi connectivity index (χ0v) is 6.57. The summed E-state index contributed by atoms with van der Waals surface area (Å²) in [7, 11) is 0. The summed E-state index contributed by atoms with van der Waals surface area (Å²) in [6, 6.07) is 0. The van der Waals surface area contributed by atoms with E-state index < -0.39 is 0 Å². The molecule has 0 bridgehead atoms. The normalized spacial score (nSPS) is 14.4. The van der Waals surface area contributed by atoms with Crippen LogP contribution in [-0.4, -0.2) is 4.62 Å². The Morgan fingerprint density at radius 2 is 2.25 bits per heavy atom. The second-order valence-corrected chi connectivity index (χ2v) is 2.47. The molecule has 0 saturated heterocycles. The van der Waals surface area contributed by atoms with E-state index in [2.05, 4.69) is 20.9 Å². The van der Waals surface area contributed by atoms with E-state index in [9.17, 15) is 0 Å². The lowest BCUT2D eigenvalue weighted by molar-refractivity contribution is 1.23. The topological polar surface area (TPSA) is 38.4 Å². The Morgan fingerprint density at radius 1 is 1.75 bits per heavy atom. The summed E-state index contributed by atoms with van der Waals surface area (Å²) in [5, 5.41) is 0. The van der Waals surface area contributed by atoms with Crippen LogP contribution >= 0.6 is 15.9 Å². The van der Waals surface area contributed by atoms with E-state index >= 15 is 0 Å². The van der Waals surface area contributed by atoms with Crippen molar-refractivity contribution < 1.29 is 0 Å². The van der Waals surface area contributed by atoms with Gasteiger partial charge >= 0.3 is 0 Å². The lowest BCUT2D eigenvalue weighted by Crippen LogP contribution is -1.93. The summed E-state index contributed by atoms with van der Waals surface area (Å²) in [5.74, 6) is 0.541. The van der Waals surface area contributed by atoms with Gasteiger partial charge in [-0.15, -0.1) is 0 Å². The molecule has 0 aromatic heterocycles. The number of hydrogen-bond acceptors (Lipinski definition) is 2. The summed E-state index contributed by atoms with van der Waals surface area (Å²) < 4.78 is 0.799. The van der Waals surface area contributed by atoms with Crippen LogP contribution in [0.3, 0.4) is 0 Å². The molecule has 0 fully saturated rings. The predicted molar refractivity (Wildman–Crippen MR) is 40.0 cm³/mol. The van der Waals surface area contributed by atoms with Gasteiger partial charge in [0, 0.05) is 0 Å². The smallest absolute Gasteiger partial charge is 0.119 e. The fourth-order valence-electron chi connectivity index (χ4n) is 0.242. The van der Waals surface area contributed by atoms with Gasteiger partial charge in [-0.3, -0.25) is 0 Å². The molecule has 0 spiro atoms. The molecule has 0 rings (SSSR count). The third kappa shape index (κ3) is 3.87. The fourth-order valence-corrected chi connectivity index (χ4v) is 0.447. The van der Waals surface area contributed by atoms with Crippen molar-refractivity contribution in [3.8, 4) is 0 Å². The molecule has 0 radical (unpaired) electrons. The van der Waals surface area contributed by atoms with Gasteiger partial charge in [0.05, 0.1) is 4.62 Å². The molecule has 0 aromatic carbocycles. The van der Waals surface area contributed by atoms with E-state index in [1.165, 1.54) is 0 Å². The monoisotopic (exact) mass is 176 g/mol. The molecule has 2 N–H and O–H groups in total. The van der Waals surface area contributed by atoms with Crippen molar-refractivity contribution in [2.75, 3.05) is 0 Å². The summed E-state index contributed by atoms with van der Waals surface area (Å²) in [6.45, 7) is 3.67. The van der Waals surface area contributed by atoms with Gasteiger partial charge in [-0.25, -0.2) is 4.99 Å². The summed E-state index contributed by atoms with van der Waals surface area (Å²) in [4.78, 5) is 3.87. The van der Waals surface area contributed by atoms with Crippen LogP contribution in [0.2, 0.25) is 0 Å². The first kappa shape index (κ1) is 7.69. The lowest BCUT2D eigenvalue weighted by Gasteiger charge is -1.87. The molecule has 0 aliphatic carbocycles. The Balaban J connectivity index is 3.89. The van der Waals surface area contributed by atoms with Crippen LogP contribution in [0.5, 0.6) is 0 Å². The van der Waals surface area contributed by atoms with Gasteiger partial charge in [0.15, 0.2) is 0 Å². The van der Waals surface area contributed by atoms with Gasteiger partial charge in [-0.2, -0.15) is 0 Å². The van der Waals surface area contributed by atoms with E-state index in [4.69, 9.17) is 5.73 Å². The van der Waals surface area contributed by atoms with Gasteiger partial charge in [0.1, 0.15) is 5.82 Å². The van der Waals surface area contributed by atoms with Crippen LogP contribution in [-0.2, 0) is 0 Å². The molecule has 0 unspecified atom stereocenters. The largest absolute Gasteiger partial charge is 0.384 e. The predicted octanol–water partition coefficient (Wildman–Crippen LogP) is 1.62. The highest BCUT2D eigenvalue weighted by atomic mass is 79.9. The van der Waals surface area contributed by atoms with E-state index in [0.29, 0.717) is 5.82 Å². The Bertz CT molecular complexity index is 122. The zero-order valence-electron chi connectivity index (χ0n) is 4.98. The van der Waals surface area contributed by atoms with Crippen molar-refractivity contribution in [3.63, 3.8) is 0 Å². The number of aliphatic imine (C=N–C) groups is 1. The third-order valence-electron chi connectivity index (χ3n) is 0.579. The molecular weight excluding hydrogens is 168 g/mol. The van der Waals surface area contributed by atoms with Crippen LogP contribution in [0.15, 0.2) is 16.9 Å². The Hall–Kier alpha value is -0.310. The van der Waals surface area contributed by atoms with E-state index in [1.807, 2.05) is 13.8 Å². The van der Waals surface area contributed by atoms with Crippen LogP contribution in [0.1, 0.15) is 13.8 Å². The highest BCUT2D eigenvalue weighted by molar-refractivity contribution is 9.18. The van der Waals surface area contributed by atoms with Gasteiger partial charge in [-0.05, 0) is 35.9 Å². The highest BCUT2D eigenvalue weighted by Crippen LogP contribution is 1.92. The maximum atomic E-state index is 5.32. The average molecular weight is 177 g/mol. The molecule has 0 amide bonds. The molecule has 0 aliphatic heterocycles. The minimum atomic E-state index is 0.541. The number of allylic oxidation sites excluding steroid dienone is 1. The first-order valence-electron chi connectivity index (χ1n) is 2.29. The minimum Gasteiger partial charge on any atom is -0.384 e. The van der Waals surface area contributed by atoms with Crippen molar-refractivity contribution >= 4 is 20.6 Å². The molecular formula is C5H9BrN2. The first-order valence-corrected chi connectivity index (χ1v) is 3.08. The fraction of sp³-hybridized carbons (Fsp3) is 0.400. The van der Waals surface area contributed by atoms with Gasteiger partial charge in [0.2, 0.25) is 0 Å². The molecule has 0 aliphatic rings. The zero-order chi connectivity index (χ0) is 6.57. The van der Waals surface area contributed by atoms with Crippen LogP contribution in [0, 0.1) is 0 Å². The lowest BCUT2D eigenvalue weighted by atomic mass is 10.6.